The van der Waals surface area contributed by atoms with Crippen LogP contribution in [0.4, 0.5) is 0 Å². The van der Waals surface area contributed by atoms with E-state index in [1.807, 2.05) is 6.92 Å². The third-order valence-corrected chi connectivity index (χ3v) is 3.69. The van der Waals surface area contributed by atoms with E-state index in [-0.39, 0.29) is 5.97 Å². The van der Waals surface area contributed by atoms with Crippen LogP contribution in [0.3, 0.4) is 0 Å². The van der Waals surface area contributed by atoms with Crippen molar-refractivity contribution >= 4 is 22.9 Å². The summed E-state index contributed by atoms with van der Waals surface area (Å²) in [6.07, 6.45) is 2.42. The van der Waals surface area contributed by atoms with E-state index in [1.165, 1.54) is 6.42 Å². The number of aliphatic imine (C=N–C) groups is 1. The summed E-state index contributed by atoms with van der Waals surface area (Å²) in [6, 6.07) is 0.554. The summed E-state index contributed by atoms with van der Waals surface area (Å²) in [4.78, 5) is 15.6. The van der Waals surface area contributed by atoms with Gasteiger partial charge in [0.25, 0.3) is 0 Å². The molecule has 0 aromatic rings. The Morgan fingerprint density at radius 2 is 2.39 bits per heavy atom. The Hall–Kier alpha value is -0.710. The second kappa shape index (κ2) is 8.40. The van der Waals surface area contributed by atoms with Crippen molar-refractivity contribution in [1.82, 2.24) is 5.32 Å². The number of rotatable bonds is 7. The standard InChI is InChI=1S/C13H24N2O2S/c1-4-17-12(16)6-5-7-14-13-15-11(9-18-13)8-10(2)3/h10-11H,4-9H2,1-3H3,(H,14,15). The van der Waals surface area contributed by atoms with Gasteiger partial charge >= 0.3 is 5.97 Å². The second-order valence-corrected chi connectivity index (χ2v) is 5.89. The van der Waals surface area contributed by atoms with Gasteiger partial charge in [-0.1, -0.05) is 25.6 Å². The first-order valence-corrected chi connectivity index (χ1v) is 7.69. The number of esters is 1. The fraction of sp³-hybridized carbons (Fsp3) is 0.846. The predicted molar refractivity (Wildman–Crippen MR) is 77.0 cm³/mol. The van der Waals surface area contributed by atoms with Gasteiger partial charge in [0, 0.05) is 24.8 Å². The molecule has 0 aromatic carbocycles. The summed E-state index contributed by atoms with van der Waals surface area (Å²) in [5, 5.41) is 4.46. The minimum Gasteiger partial charge on any atom is -0.466 e. The minimum absolute atomic E-state index is 0.123. The van der Waals surface area contributed by atoms with E-state index in [0.29, 0.717) is 31.5 Å². The van der Waals surface area contributed by atoms with E-state index < -0.39 is 0 Å². The number of carbonyl (C=O) groups is 1. The first kappa shape index (κ1) is 15.3. The summed E-state index contributed by atoms with van der Waals surface area (Å²) in [5.74, 6) is 1.70. The van der Waals surface area contributed by atoms with Crippen LogP contribution in [0.15, 0.2) is 4.99 Å². The lowest BCUT2D eigenvalue weighted by atomic mass is 10.1. The Balaban J connectivity index is 2.14. The summed E-state index contributed by atoms with van der Waals surface area (Å²) < 4.78 is 4.87. The molecule has 1 aliphatic heterocycles. The molecule has 0 amide bonds. The lowest BCUT2D eigenvalue weighted by Gasteiger charge is -2.11. The summed E-state index contributed by atoms with van der Waals surface area (Å²) >= 11 is 1.78. The molecule has 1 saturated heterocycles. The van der Waals surface area contributed by atoms with Crippen LogP contribution in [0.1, 0.15) is 40.0 Å². The number of thioether (sulfide) groups is 1. The molecule has 0 saturated carbocycles. The van der Waals surface area contributed by atoms with Gasteiger partial charge in [-0.25, -0.2) is 0 Å². The maximum absolute atomic E-state index is 11.1. The quantitative estimate of drug-likeness (QED) is 0.571. The molecule has 1 fully saturated rings. The molecule has 1 rings (SSSR count). The van der Waals surface area contributed by atoms with Crippen molar-refractivity contribution < 1.29 is 9.53 Å². The third-order valence-electron chi connectivity index (χ3n) is 2.60. The topological polar surface area (TPSA) is 50.7 Å². The molecule has 1 atom stereocenters. The Morgan fingerprint density at radius 1 is 1.61 bits per heavy atom. The number of hydrogen-bond donors (Lipinski definition) is 1. The number of nitrogens with one attached hydrogen (secondary N) is 1. The van der Waals surface area contributed by atoms with Crippen LogP contribution in [0.25, 0.3) is 0 Å². The van der Waals surface area contributed by atoms with Gasteiger partial charge in [0.2, 0.25) is 0 Å². The number of hydrogen-bond acceptors (Lipinski definition) is 4. The number of amidine groups is 1. The lowest BCUT2D eigenvalue weighted by molar-refractivity contribution is -0.143. The van der Waals surface area contributed by atoms with Gasteiger partial charge < -0.3 is 10.1 Å². The Labute approximate surface area is 114 Å². The number of carbonyl (C=O) groups excluding carboxylic acids is 1. The zero-order chi connectivity index (χ0) is 13.4. The smallest absolute Gasteiger partial charge is 0.305 e. The molecule has 0 spiro atoms. The van der Waals surface area contributed by atoms with Crippen LogP contribution in [-0.4, -0.2) is 36.1 Å². The maximum atomic E-state index is 11.1. The lowest BCUT2D eigenvalue weighted by Crippen LogP contribution is -2.28. The van der Waals surface area contributed by atoms with Crippen molar-refractivity contribution in [3.63, 3.8) is 0 Å². The highest BCUT2D eigenvalue weighted by atomic mass is 32.2. The highest BCUT2D eigenvalue weighted by molar-refractivity contribution is 8.14. The molecule has 1 unspecified atom stereocenters. The van der Waals surface area contributed by atoms with E-state index in [2.05, 4.69) is 24.2 Å². The highest BCUT2D eigenvalue weighted by Gasteiger charge is 2.20. The Morgan fingerprint density at radius 3 is 3.06 bits per heavy atom. The van der Waals surface area contributed by atoms with E-state index in [0.717, 1.165) is 17.3 Å². The van der Waals surface area contributed by atoms with E-state index >= 15 is 0 Å². The summed E-state index contributed by atoms with van der Waals surface area (Å²) in [6.45, 7) is 7.46. The predicted octanol–water partition coefficient (Wildman–Crippen LogP) is 2.44. The second-order valence-electron chi connectivity index (χ2n) is 4.88. The molecule has 5 heteroatoms. The van der Waals surface area contributed by atoms with Crippen LogP contribution in [0.2, 0.25) is 0 Å². The molecule has 18 heavy (non-hydrogen) atoms. The SMILES string of the molecule is CCOC(=O)CCCN=C1NC(CC(C)C)CS1. The van der Waals surface area contributed by atoms with Crippen molar-refractivity contribution in [2.45, 2.75) is 46.1 Å². The Bertz CT molecular complexity index is 293. The monoisotopic (exact) mass is 272 g/mol. The summed E-state index contributed by atoms with van der Waals surface area (Å²) in [5.41, 5.74) is 0. The maximum Gasteiger partial charge on any atom is 0.305 e. The van der Waals surface area contributed by atoms with Crippen LogP contribution >= 0.6 is 11.8 Å². The summed E-state index contributed by atoms with van der Waals surface area (Å²) in [7, 11) is 0. The highest BCUT2D eigenvalue weighted by Crippen LogP contribution is 2.19. The molecule has 4 nitrogen and oxygen atoms in total. The molecule has 0 aromatic heterocycles. The van der Waals surface area contributed by atoms with Gasteiger partial charge in [0.15, 0.2) is 5.17 Å². The van der Waals surface area contributed by atoms with Gasteiger partial charge in [-0.2, -0.15) is 0 Å². The fourth-order valence-electron chi connectivity index (χ4n) is 1.86. The van der Waals surface area contributed by atoms with Crippen molar-refractivity contribution in [2.75, 3.05) is 18.9 Å². The minimum atomic E-state index is -0.123. The molecule has 1 heterocycles. The van der Waals surface area contributed by atoms with Crippen molar-refractivity contribution in [3.8, 4) is 0 Å². The van der Waals surface area contributed by atoms with Crippen molar-refractivity contribution in [2.24, 2.45) is 10.9 Å². The average Bonchev–Trinajstić information content (AvgIpc) is 2.71. The van der Waals surface area contributed by atoms with Gasteiger partial charge in [-0.3, -0.25) is 9.79 Å². The number of ether oxygens (including phenoxy) is 1. The zero-order valence-corrected chi connectivity index (χ0v) is 12.4. The zero-order valence-electron chi connectivity index (χ0n) is 11.6. The molecule has 0 radical (unpaired) electrons. The number of nitrogens with zero attached hydrogens (tertiary/aromatic N) is 1. The first-order chi connectivity index (χ1) is 8.61. The van der Waals surface area contributed by atoms with Gasteiger partial charge in [0.1, 0.15) is 0 Å². The van der Waals surface area contributed by atoms with E-state index in [9.17, 15) is 4.79 Å². The van der Waals surface area contributed by atoms with Crippen LogP contribution in [-0.2, 0) is 9.53 Å². The normalized spacial score (nSPS) is 21.3. The third kappa shape index (κ3) is 6.28. The van der Waals surface area contributed by atoms with Crippen molar-refractivity contribution in [3.05, 3.63) is 0 Å². The molecule has 0 aliphatic carbocycles. The average molecular weight is 272 g/mol. The van der Waals surface area contributed by atoms with E-state index in [4.69, 9.17) is 4.74 Å². The largest absolute Gasteiger partial charge is 0.466 e. The fourth-order valence-corrected chi connectivity index (χ4v) is 2.87. The van der Waals surface area contributed by atoms with Crippen LogP contribution < -0.4 is 5.32 Å². The van der Waals surface area contributed by atoms with Crippen molar-refractivity contribution in [1.29, 1.82) is 0 Å². The van der Waals surface area contributed by atoms with Gasteiger partial charge in [-0.15, -0.1) is 0 Å². The molecule has 0 bridgehead atoms. The molecule has 104 valence electrons. The molecule has 1 aliphatic rings. The Kier molecular flexibility index (Phi) is 7.16. The van der Waals surface area contributed by atoms with Crippen LogP contribution in [0.5, 0.6) is 0 Å². The molecular formula is C13H24N2O2S. The van der Waals surface area contributed by atoms with Gasteiger partial charge in [-0.05, 0) is 25.7 Å². The molecular weight excluding hydrogens is 248 g/mol. The molecule has 1 N–H and O–H groups in total. The van der Waals surface area contributed by atoms with E-state index in [1.54, 1.807) is 11.8 Å². The van der Waals surface area contributed by atoms with Crippen LogP contribution in [0, 0.1) is 5.92 Å². The van der Waals surface area contributed by atoms with Gasteiger partial charge in [0.05, 0.1) is 6.61 Å². The first-order valence-electron chi connectivity index (χ1n) is 6.71.